The van der Waals surface area contributed by atoms with Crippen molar-refractivity contribution in [1.29, 1.82) is 0 Å². The summed E-state index contributed by atoms with van der Waals surface area (Å²) in [6.45, 7) is 7.29. The number of nitrogens with one attached hydrogen (secondary N) is 1. The van der Waals surface area contributed by atoms with Crippen molar-refractivity contribution in [2.24, 2.45) is 11.1 Å². The van der Waals surface area contributed by atoms with Crippen LogP contribution in [0.15, 0.2) is 12.1 Å². The highest BCUT2D eigenvalue weighted by atomic mass is 35.5. The van der Waals surface area contributed by atoms with Crippen LogP contribution in [0, 0.1) is 5.41 Å². The molecule has 1 aliphatic heterocycles. The number of amides is 1. The van der Waals surface area contributed by atoms with E-state index in [2.05, 4.69) is 23.7 Å². The number of aromatic nitrogens is 1. The highest BCUT2D eigenvalue weighted by Gasteiger charge is 2.33. The first-order valence-corrected chi connectivity index (χ1v) is 7.17. The van der Waals surface area contributed by atoms with E-state index in [1.807, 2.05) is 12.1 Å². The number of H-pyrrole nitrogens is 1. The Kier molecular flexibility index (Phi) is 5.84. The Hall–Kier alpha value is -1.04. The van der Waals surface area contributed by atoms with Crippen LogP contribution >= 0.6 is 12.4 Å². The van der Waals surface area contributed by atoms with Gasteiger partial charge in [0.1, 0.15) is 5.69 Å². The molecule has 120 valence electrons. The van der Waals surface area contributed by atoms with Gasteiger partial charge in [-0.3, -0.25) is 9.69 Å². The summed E-state index contributed by atoms with van der Waals surface area (Å²) in [5.41, 5.74) is 8.04. The van der Waals surface area contributed by atoms with E-state index < -0.39 is 0 Å². The maximum Gasteiger partial charge on any atom is 0.269 e. The van der Waals surface area contributed by atoms with Gasteiger partial charge < -0.3 is 15.6 Å². The molecule has 3 N–H and O–H groups in total. The summed E-state index contributed by atoms with van der Waals surface area (Å²) in [5.74, 6) is 0.0113. The van der Waals surface area contributed by atoms with Crippen LogP contribution < -0.4 is 5.73 Å². The predicted molar refractivity (Wildman–Crippen MR) is 87.7 cm³/mol. The van der Waals surface area contributed by atoms with E-state index >= 15 is 0 Å². The molecule has 2 heterocycles. The molecule has 0 aliphatic carbocycles. The summed E-state index contributed by atoms with van der Waals surface area (Å²) in [5, 5.41) is 0. The zero-order chi connectivity index (χ0) is 14.9. The van der Waals surface area contributed by atoms with Gasteiger partial charge in [-0.15, -0.1) is 12.4 Å². The van der Waals surface area contributed by atoms with Crippen molar-refractivity contribution in [2.75, 3.05) is 27.2 Å². The van der Waals surface area contributed by atoms with Gasteiger partial charge in [0.05, 0.1) is 0 Å². The summed E-state index contributed by atoms with van der Waals surface area (Å²) < 4.78 is 0. The fraction of sp³-hybridized carbons (Fsp3) is 0.667. The molecule has 21 heavy (non-hydrogen) atoms. The number of halogens is 1. The van der Waals surface area contributed by atoms with Crippen LogP contribution in [0.1, 0.15) is 36.5 Å². The summed E-state index contributed by atoms with van der Waals surface area (Å²) in [7, 11) is 3.52. The first-order valence-electron chi connectivity index (χ1n) is 7.17. The molecule has 0 radical (unpaired) electrons. The van der Waals surface area contributed by atoms with E-state index in [0.717, 1.165) is 31.7 Å². The van der Waals surface area contributed by atoms with Crippen molar-refractivity contribution >= 4 is 18.3 Å². The van der Waals surface area contributed by atoms with Crippen LogP contribution in [0.3, 0.4) is 0 Å². The van der Waals surface area contributed by atoms with Gasteiger partial charge in [-0.2, -0.15) is 0 Å². The second kappa shape index (κ2) is 6.81. The maximum atomic E-state index is 11.9. The third-order valence-corrected chi connectivity index (χ3v) is 4.17. The van der Waals surface area contributed by atoms with Crippen molar-refractivity contribution in [3.8, 4) is 0 Å². The van der Waals surface area contributed by atoms with Crippen molar-refractivity contribution in [1.82, 2.24) is 14.8 Å². The van der Waals surface area contributed by atoms with Crippen LogP contribution in [-0.4, -0.2) is 53.9 Å². The van der Waals surface area contributed by atoms with Crippen LogP contribution in [-0.2, 0) is 6.54 Å². The predicted octanol–water partition coefficient (Wildman–Crippen LogP) is 1.70. The summed E-state index contributed by atoms with van der Waals surface area (Å²) in [6.07, 6.45) is 1.02. The van der Waals surface area contributed by atoms with Crippen molar-refractivity contribution in [3.63, 3.8) is 0 Å². The first-order chi connectivity index (χ1) is 9.29. The number of nitrogens with two attached hydrogens (primary N) is 1. The van der Waals surface area contributed by atoms with Gasteiger partial charge in [0.15, 0.2) is 0 Å². The van der Waals surface area contributed by atoms with Gasteiger partial charge in [-0.05, 0) is 24.0 Å². The second-order valence-corrected chi connectivity index (χ2v) is 6.69. The minimum Gasteiger partial charge on any atom is -0.353 e. The molecule has 0 bridgehead atoms. The van der Waals surface area contributed by atoms with Crippen LogP contribution in [0.5, 0.6) is 0 Å². The Morgan fingerprint density at radius 1 is 1.48 bits per heavy atom. The molecule has 5 nitrogen and oxygen atoms in total. The number of carbonyl (C=O) groups excluding carboxylic acids is 1. The molecule has 1 saturated heterocycles. The van der Waals surface area contributed by atoms with Crippen LogP contribution in [0.2, 0.25) is 0 Å². The minimum absolute atomic E-state index is 0. The Morgan fingerprint density at radius 3 is 2.71 bits per heavy atom. The third kappa shape index (κ3) is 4.22. The smallest absolute Gasteiger partial charge is 0.269 e. The number of piperidine rings is 1. The molecule has 1 amide bonds. The molecular formula is C15H27ClN4O. The van der Waals surface area contributed by atoms with Gasteiger partial charge in [0.25, 0.3) is 5.91 Å². The molecular weight excluding hydrogens is 288 g/mol. The number of rotatable bonds is 3. The molecule has 0 saturated carbocycles. The molecule has 1 atom stereocenters. The van der Waals surface area contributed by atoms with Gasteiger partial charge >= 0.3 is 0 Å². The Labute approximate surface area is 133 Å². The van der Waals surface area contributed by atoms with Crippen molar-refractivity contribution in [3.05, 3.63) is 23.5 Å². The molecule has 1 aromatic heterocycles. The molecule has 0 spiro atoms. The molecule has 2 rings (SSSR count). The molecule has 6 heteroatoms. The fourth-order valence-electron chi connectivity index (χ4n) is 2.76. The van der Waals surface area contributed by atoms with E-state index in [4.69, 9.17) is 5.73 Å². The van der Waals surface area contributed by atoms with Gasteiger partial charge in [0.2, 0.25) is 0 Å². The summed E-state index contributed by atoms with van der Waals surface area (Å²) in [4.78, 5) is 19.1. The van der Waals surface area contributed by atoms with Crippen LogP contribution in [0.25, 0.3) is 0 Å². The first kappa shape index (κ1) is 18.0. The Bertz CT molecular complexity index is 484. The van der Waals surface area contributed by atoms with Gasteiger partial charge in [-0.25, -0.2) is 0 Å². The average Bonchev–Trinajstić information content (AvgIpc) is 2.81. The van der Waals surface area contributed by atoms with E-state index in [1.54, 1.807) is 19.0 Å². The lowest BCUT2D eigenvalue weighted by Crippen LogP contribution is -2.52. The highest BCUT2D eigenvalue weighted by Crippen LogP contribution is 2.28. The topological polar surface area (TPSA) is 65.4 Å². The molecule has 1 aliphatic rings. The number of nitrogens with zero attached hydrogens (tertiary/aromatic N) is 2. The maximum absolute atomic E-state index is 11.9. The second-order valence-electron chi connectivity index (χ2n) is 6.69. The number of hydrogen-bond acceptors (Lipinski definition) is 3. The average molecular weight is 315 g/mol. The van der Waals surface area contributed by atoms with E-state index in [-0.39, 0.29) is 29.8 Å². The van der Waals surface area contributed by atoms with Crippen molar-refractivity contribution < 1.29 is 4.79 Å². The van der Waals surface area contributed by atoms with Crippen molar-refractivity contribution in [2.45, 2.75) is 32.9 Å². The largest absolute Gasteiger partial charge is 0.353 e. The number of hydrogen-bond donors (Lipinski definition) is 2. The molecule has 0 aromatic carbocycles. The quantitative estimate of drug-likeness (QED) is 0.892. The summed E-state index contributed by atoms with van der Waals surface area (Å²) in [6, 6.07) is 4.13. The van der Waals surface area contributed by atoms with E-state index in [0.29, 0.717) is 5.69 Å². The highest BCUT2D eigenvalue weighted by molar-refractivity contribution is 5.92. The third-order valence-electron chi connectivity index (χ3n) is 4.17. The molecule has 1 unspecified atom stereocenters. The monoisotopic (exact) mass is 314 g/mol. The number of likely N-dealkylation sites (tertiary alicyclic amines) is 1. The lowest BCUT2D eigenvalue weighted by molar-refractivity contribution is 0.0819. The standard InChI is InChI=1S/C15H26N4O.ClH/c1-15(2)10-19(8-7-13(15)16)9-11-5-6-12(17-11)14(20)18(3)4;/h5-6,13,17H,7-10,16H2,1-4H3;1H. The Balaban J connectivity index is 0.00000220. The van der Waals surface area contributed by atoms with E-state index in [9.17, 15) is 4.79 Å². The molecule has 1 fully saturated rings. The minimum atomic E-state index is 0. The zero-order valence-corrected chi connectivity index (χ0v) is 14.2. The van der Waals surface area contributed by atoms with E-state index in [1.165, 1.54) is 0 Å². The Morgan fingerprint density at radius 2 is 2.14 bits per heavy atom. The lowest BCUT2D eigenvalue weighted by atomic mass is 9.80. The van der Waals surface area contributed by atoms with Gasteiger partial charge in [-0.1, -0.05) is 13.8 Å². The van der Waals surface area contributed by atoms with Gasteiger partial charge in [0, 0.05) is 45.5 Å². The molecule has 1 aromatic rings. The normalized spacial score (nSPS) is 21.7. The number of carbonyl (C=O) groups is 1. The van der Waals surface area contributed by atoms with Crippen LogP contribution in [0.4, 0.5) is 0 Å². The zero-order valence-electron chi connectivity index (χ0n) is 13.3. The summed E-state index contributed by atoms with van der Waals surface area (Å²) >= 11 is 0. The fourth-order valence-corrected chi connectivity index (χ4v) is 2.76. The number of aromatic amines is 1. The SMILES string of the molecule is CN(C)C(=O)c1ccc(CN2CCC(N)C(C)(C)C2)[nH]1.Cl. The lowest BCUT2D eigenvalue weighted by Gasteiger charge is -2.42.